The molecule has 0 aliphatic carbocycles. The van der Waals surface area contributed by atoms with Crippen molar-refractivity contribution in [2.24, 2.45) is 0 Å². The van der Waals surface area contributed by atoms with Crippen LogP contribution in [0.4, 0.5) is 0 Å². The number of ether oxygens (including phenoxy) is 1. The second-order valence-corrected chi connectivity index (χ2v) is 6.73. The van der Waals surface area contributed by atoms with E-state index in [0.29, 0.717) is 37.3 Å². The zero-order valence-electron chi connectivity index (χ0n) is 15.4. The van der Waals surface area contributed by atoms with Gasteiger partial charge in [0.25, 0.3) is 5.56 Å². The average Bonchev–Trinajstić information content (AvgIpc) is 3.12. The van der Waals surface area contributed by atoms with Crippen molar-refractivity contribution in [1.29, 1.82) is 0 Å². The van der Waals surface area contributed by atoms with Crippen molar-refractivity contribution >= 4 is 16.9 Å². The van der Waals surface area contributed by atoms with Crippen LogP contribution >= 0.6 is 0 Å². The minimum absolute atomic E-state index is 0.0312. The fourth-order valence-electron chi connectivity index (χ4n) is 3.17. The zero-order chi connectivity index (χ0) is 19.0. The number of aryl methyl sites for hydroxylation is 2. The number of rotatable bonds is 3. The van der Waals surface area contributed by atoms with Crippen molar-refractivity contribution in [1.82, 2.24) is 24.2 Å². The third kappa shape index (κ3) is 3.23. The number of amides is 1. The van der Waals surface area contributed by atoms with Crippen LogP contribution in [0, 0.1) is 13.8 Å². The first-order chi connectivity index (χ1) is 13.0. The molecule has 1 aromatic carbocycles. The Kier molecular flexibility index (Phi) is 4.49. The fourth-order valence-corrected chi connectivity index (χ4v) is 3.17. The Balaban J connectivity index is 1.66. The molecule has 8 heteroatoms. The van der Waals surface area contributed by atoms with Gasteiger partial charge in [-0.25, -0.2) is 9.67 Å². The van der Waals surface area contributed by atoms with Crippen LogP contribution in [-0.2, 0) is 16.1 Å². The van der Waals surface area contributed by atoms with Crippen LogP contribution in [0.3, 0.4) is 0 Å². The van der Waals surface area contributed by atoms with Gasteiger partial charge < -0.3 is 9.64 Å². The molecule has 0 unspecified atom stereocenters. The number of carbonyl (C=O) groups excluding carboxylic acids is 1. The second-order valence-electron chi connectivity index (χ2n) is 6.73. The van der Waals surface area contributed by atoms with Gasteiger partial charge in [-0.3, -0.25) is 14.2 Å². The molecule has 3 heterocycles. The molecule has 27 heavy (non-hydrogen) atoms. The Hall–Kier alpha value is -3.00. The van der Waals surface area contributed by atoms with Gasteiger partial charge >= 0.3 is 0 Å². The molecule has 1 aliphatic rings. The monoisotopic (exact) mass is 367 g/mol. The van der Waals surface area contributed by atoms with Crippen molar-refractivity contribution in [3.05, 3.63) is 52.2 Å². The molecule has 3 aromatic rings. The Morgan fingerprint density at radius 1 is 1.19 bits per heavy atom. The first-order valence-corrected chi connectivity index (χ1v) is 8.91. The van der Waals surface area contributed by atoms with Gasteiger partial charge in [0.2, 0.25) is 5.91 Å². The summed E-state index contributed by atoms with van der Waals surface area (Å²) in [5, 5.41) is 4.73. The van der Waals surface area contributed by atoms with Crippen LogP contribution in [-0.4, -0.2) is 56.4 Å². The Labute approximate surface area is 156 Å². The summed E-state index contributed by atoms with van der Waals surface area (Å²) < 4.78 is 8.25. The molecule has 4 rings (SSSR count). The quantitative estimate of drug-likeness (QED) is 0.691. The number of fused-ring (bicyclic) bond motifs is 1. The molecule has 0 spiro atoms. The molecule has 1 fully saturated rings. The molecule has 1 saturated heterocycles. The maximum absolute atomic E-state index is 12.8. The fraction of sp³-hybridized carbons (Fsp3) is 0.368. The maximum Gasteiger partial charge on any atom is 0.264 e. The van der Waals surface area contributed by atoms with E-state index >= 15 is 0 Å². The lowest BCUT2D eigenvalue weighted by molar-refractivity contribution is -0.135. The highest BCUT2D eigenvalue weighted by atomic mass is 16.5. The van der Waals surface area contributed by atoms with E-state index in [1.165, 1.54) is 22.7 Å². The lowest BCUT2D eigenvalue weighted by Gasteiger charge is -2.26. The van der Waals surface area contributed by atoms with Gasteiger partial charge in [-0.15, -0.1) is 0 Å². The normalized spacial score (nSPS) is 14.7. The summed E-state index contributed by atoms with van der Waals surface area (Å²) in [6.45, 7) is 6.20. The zero-order valence-corrected chi connectivity index (χ0v) is 15.4. The number of nitrogens with zero attached hydrogens (tertiary/aromatic N) is 5. The van der Waals surface area contributed by atoms with Crippen molar-refractivity contribution in [3.63, 3.8) is 0 Å². The number of hydrogen-bond acceptors (Lipinski definition) is 5. The SMILES string of the molecule is Cc1ccc(-n2ncc3c(=O)n(CC(=O)N4CCOCC4)cnc32)cc1C. The van der Waals surface area contributed by atoms with E-state index in [0.717, 1.165) is 11.3 Å². The topological polar surface area (TPSA) is 82.2 Å². The van der Waals surface area contributed by atoms with Gasteiger partial charge in [0.1, 0.15) is 18.3 Å². The Morgan fingerprint density at radius 3 is 2.70 bits per heavy atom. The molecule has 0 radical (unpaired) electrons. The molecular weight excluding hydrogens is 346 g/mol. The highest BCUT2D eigenvalue weighted by Gasteiger charge is 2.19. The Morgan fingerprint density at radius 2 is 1.96 bits per heavy atom. The van der Waals surface area contributed by atoms with Crippen LogP contribution < -0.4 is 5.56 Å². The molecule has 0 atom stereocenters. The van der Waals surface area contributed by atoms with Crippen molar-refractivity contribution in [2.75, 3.05) is 26.3 Å². The molecule has 2 aromatic heterocycles. The van der Waals surface area contributed by atoms with Crippen LogP contribution in [0.5, 0.6) is 0 Å². The third-order valence-electron chi connectivity index (χ3n) is 4.96. The van der Waals surface area contributed by atoms with Crippen LogP contribution in [0.15, 0.2) is 35.5 Å². The lowest BCUT2D eigenvalue weighted by Crippen LogP contribution is -2.43. The van der Waals surface area contributed by atoms with Crippen LogP contribution in [0.2, 0.25) is 0 Å². The third-order valence-corrected chi connectivity index (χ3v) is 4.96. The summed E-state index contributed by atoms with van der Waals surface area (Å²) in [5.41, 5.74) is 3.39. The van der Waals surface area contributed by atoms with Crippen LogP contribution in [0.25, 0.3) is 16.7 Å². The number of morpholine rings is 1. The van der Waals surface area contributed by atoms with Gasteiger partial charge in [0.15, 0.2) is 5.65 Å². The van der Waals surface area contributed by atoms with Crippen molar-refractivity contribution in [2.45, 2.75) is 20.4 Å². The largest absolute Gasteiger partial charge is 0.378 e. The van der Waals surface area contributed by atoms with E-state index in [-0.39, 0.29) is 18.0 Å². The molecule has 0 N–H and O–H groups in total. The summed E-state index contributed by atoms with van der Waals surface area (Å²) in [6, 6.07) is 5.97. The van der Waals surface area contributed by atoms with E-state index in [9.17, 15) is 9.59 Å². The van der Waals surface area contributed by atoms with Crippen molar-refractivity contribution < 1.29 is 9.53 Å². The lowest BCUT2D eigenvalue weighted by atomic mass is 10.1. The maximum atomic E-state index is 12.8. The van der Waals surface area contributed by atoms with E-state index in [4.69, 9.17) is 4.74 Å². The summed E-state index contributed by atoms with van der Waals surface area (Å²) in [7, 11) is 0. The highest BCUT2D eigenvalue weighted by Crippen LogP contribution is 2.17. The molecule has 0 saturated carbocycles. The minimum atomic E-state index is -0.267. The van der Waals surface area contributed by atoms with Gasteiger partial charge in [-0.1, -0.05) is 6.07 Å². The second kappa shape index (κ2) is 6.96. The summed E-state index contributed by atoms with van der Waals surface area (Å²) in [5.74, 6) is -0.108. The Bertz CT molecular complexity index is 1060. The first-order valence-electron chi connectivity index (χ1n) is 8.91. The van der Waals surface area contributed by atoms with E-state index < -0.39 is 0 Å². The molecular formula is C19H21N5O3. The molecule has 140 valence electrons. The summed E-state index contributed by atoms with van der Waals surface area (Å²) in [4.78, 5) is 31.3. The average molecular weight is 367 g/mol. The van der Waals surface area contributed by atoms with E-state index in [1.54, 1.807) is 9.58 Å². The van der Waals surface area contributed by atoms with E-state index in [2.05, 4.69) is 10.1 Å². The first kappa shape index (κ1) is 17.4. The number of benzene rings is 1. The molecule has 1 amide bonds. The molecule has 8 nitrogen and oxygen atoms in total. The number of aromatic nitrogens is 4. The van der Waals surface area contributed by atoms with Gasteiger partial charge in [-0.05, 0) is 37.1 Å². The van der Waals surface area contributed by atoms with Crippen molar-refractivity contribution in [3.8, 4) is 5.69 Å². The van der Waals surface area contributed by atoms with Gasteiger partial charge in [0.05, 0.1) is 25.1 Å². The summed E-state index contributed by atoms with van der Waals surface area (Å²) >= 11 is 0. The van der Waals surface area contributed by atoms with Gasteiger partial charge in [-0.2, -0.15) is 5.10 Å². The summed E-state index contributed by atoms with van der Waals surface area (Å²) in [6.07, 6.45) is 2.93. The molecule has 1 aliphatic heterocycles. The molecule has 0 bridgehead atoms. The minimum Gasteiger partial charge on any atom is -0.378 e. The predicted octanol–water partition coefficient (Wildman–Crippen LogP) is 1.06. The van der Waals surface area contributed by atoms with Crippen LogP contribution in [0.1, 0.15) is 11.1 Å². The number of hydrogen-bond donors (Lipinski definition) is 0. The smallest absolute Gasteiger partial charge is 0.264 e. The number of carbonyl (C=O) groups is 1. The van der Waals surface area contributed by atoms with E-state index in [1.807, 2.05) is 32.0 Å². The predicted molar refractivity (Wildman–Crippen MR) is 100.0 cm³/mol. The van der Waals surface area contributed by atoms with Gasteiger partial charge in [0, 0.05) is 13.1 Å². The highest BCUT2D eigenvalue weighted by molar-refractivity contribution is 5.78. The standard InChI is InChI=1S/C19H21N5O3/c1-13-3-4-15(9-14(13)2)24-18-16(10-21-24)19(26)23(12-20-18)11-17(25)22-5-7-27-8-6-22/h3-4,9-10,12H,5-8,11H2,1-2H3.